The number of hydrogen-bond acceptors (Lipinski definition) is 0. The third kappa shape index (κ3) is 3.85. The van der Waals surface area contributed by atoms with E-state index in [1.807, 2.05) is 0 Å². The van der Waals surface area contributed by atoms with Crippen molar-refractivity contribution in [3.05, 3.63) is 30.3 Å². The lowest BCUT2D eigenvalue weighted by Crippen LogP contribution is -2.29. The minimum absolute atomic E-state index is 0.368. The van der Waals surface area contributed by atoms with E-state index in [2.05, 4.69) is 37.3 Å². The Morgan fingerprint density at radius 3 is 2.43 bits per heavy atom. The molecular weight excluding hydrogens is 208 g/mol. The molecule has 1 radical (unpaired) electrons. The van der Waals surface area contributed by atoms with Gasteiger partial charge >= 0.3 is 0 Å². The Morgan fingerprint density at radius 2 is 1.86 bits per heavy atom. The highest BCUT2D eigenvalue weighted by Gasteiger charge is 2.11. The van der Waals surface area contributed by atoms with Gasteiger partial charge in [0.05, 0.1) is 8.80 Å². The van der Waals surface area contributed by atoms with E-state index in [-0.39, 0.29) is 8.80 Å². The fourth-order valence-electron chi connectivity index (χ4n) is 1.59. The first-order valence-electron chi connectivity index (χ1n) is 5.34. The van der Waals surface area contributed by atoms with Crippen LogP contribution in [0, 0.1) is 0 Å². The lowest BCUT2D eigenvalue weighted by atomic mass is 10.4. The van der Waals surface area contributed by atoms with Crippen LogP contribution >= 0.6 is 11.6 Å². The molecule has 1 rings (SSSR count). The maximum absolute atomic E-state index is 5.85. The quantitative estimate of drug-likeness (QED) is 0.514. The SMILES string of the molecule is CCCC[Si](CCCl)c1ccccc1. The summed E-state index contributed by atoms with van der Waals surface area (Å²) in [5.41, 5.74) is 0. The molecule has 0 saturated heterocycles. The Hall–Kier alpha value is -0.273. The third-order valence-corrected chi connectivity index (χ3v) is 5.88. The maximum atomic E-state index is 5.85. The van der Waals surface area contributed by atoms with Crippen LogP contribution in [0.5, 0.6) is 0 Å². The van der Waals surface area contributed by atoms with Gasteiger partial charge < -0.3 is 0 Å². The molecule has 0 atom stereocenters. The third-order valence-electron chi connectivity index (χ3n) is 2.41. The van der Waals surface area contributed by atoms with E-state index in [1.54, 1.807) is 5.19 Å². The Kier molecular flexibility index (Phi) is 5.96. The van der Waals surface area contributed by atoms with E-state index in [4.69, 9.17) is 11.6 Å². The average molecular weight is 226 g/mol. The van der Waals surface area contributed by atoms with Crippen molar-refractivity contribution in [1.29, 1.82) is 0 Å². The molecule has 0 aliphatic carbocycles. The van der Waals surface area contributed by atoms with E-state index in [1.165, 1.54) is 24.9 Å². The second kappa shape index (κ2) is 7.08. The summed E-state index contributed by atoms with van der Waals surface area (Å²) in [7, 11) is -0.368. The summed E-state index contributed by atoms with van der Waals surface area (Å²) < 4.78 is 0. The molecule has 0 heterocycles. The summed E-state index contributed by atoms with van der Waals surface area (Å²) in [4.78, 5) is 0. The van der Waals surface area contributed by atoms with Crippen LogP contribution in [0.1, 0.15) is 19.8 Å². The fourth-order valence-corrected chi connectivity index (χ4v) is 4.78. The van der Waals surface area contributed by atoms with Gasteiger partial charge in [-0.25, -0.2) is 0 Å². The van der Waals surface area contributed by atoms with E-state index in [0.29, 0.717) is 0 Å². The summed E-state index contributed by atoms with van der Waals surface area (Å²) in [6.07, 6.45) is 2.64. The molecule has 0 saturated carbocycles. The summed E-state index contributed by atoms with van der Waals surface area (Å²) in [5.74, 6) is 0.812. The number of benzene rings is 1. The number of halogens is 1. The average Bonchev–Trinajstić information content (AvgIpc) is 2.25. The lowest BCUT2D eigenvalue weighted by molar-refractivity contribution is 0.874. The van der Waals surface area contributed by atoms with Crippen molar-refractivity contribution in [2.45, 2.75) is 31.9 Å². The molecule has 77 valence electrons. The van der Waals surface area contributed by atoms with Crippen molar-refractivity contribution in [3.8, 4) is 0 Å². The molecule has 0 nitrogen and oxygen atoms in total. The van der Waals surface area contributed by atoms with Gasteiger partial charge in [0.1, 0.15) is 0 Å². The number of rotatable bonds is 6. The molecule has 0 spiro atoms. The van der Waals surface area contributed by atoms with Crippen molar-refractivity contribution >= 4 is 25.6 Å². The van der Waals surface area contributed by atoms with Crippen LogP contribution in [0.2, 0.25) is 12.1 Å². The zero-order valence-electron chi connectivity index (χ0n) is 8.80. The molecule has 14 heavy (non-hydrogen) atoms. The molecule has 0 bridgehead atoms. The summed E-state index contributed by atoms with van der Waals surface area (Å²) in [5, 5.41) is 1.55. The second-order valence-electron chi connectivity index (χ2n) is 3.51. The molecular formula is C12H18ClSi. The van der Waals surface area contributed by atoms with Crippen LogP contribution in [0.25, 0.3) is 0 Å². The van der Waals surface area contributed by atoms with Crippen LogP contribution in [0.4, 0.5) is 0 Å². The predicted molar refractivity (Wildman–Crippen MR) is 67.1 cm³/mol. The second-order valence-corrected chi connectivity index (χ2v) is 6.67. The van der Waals surface area contributed by atoms with Gasteiger partial charge in [0.2, 0.25) is 0 Å². The number of unbranched alkanes of at least 4 members (excludes halogenated alkanes) is 1. The smallest absolute Gasteiger partial charge is 0.0868 e. The fraction of sp³-hybridized carbons (Fsp3) is 0.500. The van der Waals surface area contributed by atoms with Crippen LogP contribution in [-0.4, -0.2) is 14.7 Å². The Labute approximate surface area is 93.9 Å². The highest BCUT2D eigenvalue weighted by Crippen LogP contribution is 2.07. The largest absolute Gasteiger partial charge is 0.127 e. The van der Waals surface area contributed by atoms with Crippen LogP contribution in [0.3, 0.4) is 0 Å². The summed E-state index contributed by atoms with van der Waals surface area (Å²) in [6.45, 7) is 2.26. The van der Waals surface area contributed by atoms with E-state index in [9.17, 15) is 0 Å². The predicted octanol–water partition coefficient (Wildman–Crippen LogP) is 3.43. The number of hydrogen-bond donors (Lipinski definition) is 0. The Bertz CT molecular complexity index is 235. The first-order valence-corrected chi connectivity index (χ1v) is 7.79. The first kappa shape index (κ1) is 11.8. The molecule has 0 N–H and O–H groups in total. The van der Waals surface area contributed by atoms with Gasteiger partial charge in [0.25, 0.3) is 0 Å². The van der Waals surface area contributed by atoms with Crippen molar-refractivity contribution in [2.75, 3.05) is 5.88 Å². The molecule has 0 aliphatic heterocycles. The maximum Gasteiger partial charge on any atom is 0.0868 e. The molecule has 0 unspecified atom stereocenters. The minimum atomic E-state index is -0.368. The van der Waals surface area contributed by atoms with Gasteiger partial charge in [-0.15, -0.1) is 11.6 Å². The topological polar surface area (TPSA) is 0 Å². The van der Waals surface area contributed by atoms with Crippen molar-refractivity contribution < 1.29 is 0 Å². The molecule has 1 aromatic carbocycles. The Balaban J connectivity index is 2.58. The molecule has 0 amide bonds. The highest BCUT2D eigenvalue weighted by atomic mass is 35.5. The van der Waals surface area contributed by atoms with Crippen LogP contribution in [0.15, 0.2) is 30.3 Å². The van der Waals surface area contributed by atoms with Gasteiger partial charge in [-0.1, -0.05) is 61.3 Å². The van der Waals surface area contributed by atoms with Crippen molar-refractivity contribution in [2.24, 2.45) is 0 Å². The highest BCUT2D eigenvalue weighted by molar-refractivity contribution is 6.73. The number of alkyl halides is 1. The minimum Gasteiger partial charge on any atom is -0.127 e. The van der Waals surface area contributed by atoms with Crippen LogP contribution < -0.4 is 5.19 Å². The zero-order valence-corrected chi connectivity index (χ0v) is 10.6. The Morgan fingerprint density at radius 1 is 1.14 bits per heavy atom. The standard InChI is InChI=1S/C12H18ClSi/c1-2-3-10-14(11-9-13)12-7-5-4-6-8-12/h4-8H,2-3,9-11H2,1H3. The lowest BCUT2D eigenvalue weighted by Gasteiger charge is -2.13. The molecule has 0 aromatic heterocycles. The van der Waals surface area contributed by atoms with Gasteiger partial charge in [-0.3, -0.25) is 0 Å². The first-order chi connectivity index (χ1) is 6.88. The normalized spacial score (nSPS) is 10.8. The van der Waals surface area contributed by atoms with E-state index in [0.717, 1.165) is 5.88 Å². The summed E-state index contributed by atoms with van der Waals surface area (Å²) in [6, 6.07) is 13.5. The monoisotopic (exact) mass is 225 g/mol. The zero-order chi connectivity index (χ0) is 10.2. The summed E-state index contributed by atoms with van der Waals surface area (Å²) >= 11 is 5.85. The molecule has 0 aliphatic rings. The molecule has 0 fully saturated rings. The van der Waals surface area contributed by atoms with Gasteiger partial charge in [-0.2, -0.15) is 0 Å². The molecule has 2 heteroatoms. The van der Waals surface area contributed by atoms with Crippen molar-refractivity contribution in [3.63, 3.8) is 0 Å². The van der Waals surface area contributed by atoms with E-state index >= 15 is 0 Å². The van der Waals surface area contributed by atoms with Gasteiger partial charge in [0.15, 0.2) is 0 Å². The van der Waals surface area contributed by atoms with Gasteiger partial charge in [0, 0.05) is 5.88 Å². The van der Waals surface area contributed by atoms with Crippen LogP contribution in [-0.2, 0) is 0 Å². The van der Waals surface area contributed by atoms with E-state index < -0.39 is 0 Å². The van der Waals surface area contributed by atoms with Crippen molar-refractivity contribution in [1.82, 2.24) is 0 Å². The molecule has 1 aromatic rings. The van der Waals surface area contributed by atoms with Gasteiger partial charge in [-0.05, 0) is 6.04 Å².